The van der Waals surface area contributed by atoms with Crippen LogP contribution in [0.15, 0.2) is 18.2 Å². The molecule has 8 nitrogen and oxygen atoms in total. The SMILES string of the molecule is O=C(O)N1CCCC(N2CC(O)C(O)CC(Nc3cc(F)cc(Cl)c3)C2=O)C1. The number of aliphatic hydroxyl groups is 2. The first-order valence-electron chi connectivity index (χ1n) is 9.11. The van der Waals surface area contributed by atoms with E-state index in [4.69, 9.17) is 11.6 Å². The molecule has 154 valence electrons. The van der Waals surface area contributed by atoms with Crippen molar-refractivity contribution in [2.75, 3.05) is 25.0 Å². The first kappa shape index (κ1) is 20.6. The van der Waals surface area contributed by atoms with Crippen LogP contribution in [0.5, 0.6) is 0 Å². The first-order chi connectivity index (χ1) is 13.2. The van der Waals surface area contributed by atoms with Gasteiger partial charge in [0.05, 0.1) is 12.2 Å². The van der Waals surface area contributed by atoms with Crippen molar-refractivity contribution < 1.29 is 29.3 Å². The third-order valence-electron chi connectivity index (χ3n) is 5.20. The Morgan fingerprint density at radius 3 is 2.64 bits per heavy atom. The molecule has 0 radical (unpaired) electrons. The van der Waals surface area contributed by atoms with Crippen LogP contribution < -0.4 is 5.32 Å². The Balaban J connectivity index is 1.82. The van der Waals surface area contributed by atoms with Gasteiger partial charge in [0.2, 0.25) is 5.91 Å². The van der Waals surface area contributed by atoms with Crippen molar-refractivity contribution in [3.05, 3.63) is 29.0 Å². The summed E-state index contributed by atoms with van der Waals surface area (Å²) in [6.45, 7) is 0.436. The molecule has 1 aromatic carbocycles. The Labute approximate surface area is 166 Å². The third-order valence-corrected chi connectivity index (χ3v) is 5.42. The molecule has 0 saturated carbocycles. The molecule has 10 heteroatoms. The number of β-amino-alcohol motifs (C(OH)–C–C–N with tert-alkyl or cyclic N) is 1. The maximum Gasteiger partial charge on any atom is 0.407 e. The second-order valence-electron chi connectivity index (χ2n) is 7.24. The van der Waals surface area contributed by atoms with Gasteiger partial charge in [0, 0.05) is 42.8 Å². The van der Waals surface area contributed by atoms with E-state index in [2.05, 4.69) is 5.32 Å². The average Bonchev–Trinajstić information content (AvgIpc) is 2.73. The van der Waals surface area contributed by atoms with Gasteiger partial charge in [0.15, 0.2) is 0 Å². The van der Waals surface area contributed by atoms with E-state index in [1.807, 2.05) is 0 Å². The summed E-state index contributed by atoms with van der Waals surface area (Å²) in [7, 11) is 0. The summed E-state index contributed by atoms with van der Waals surface area (Å²) < 4.78 is 13.6. The van der Waals surface area contributed by atoms with Gasteiger partial charge < -0.3 is 30.4 Å². The molecule has 4 atom stereocenters. The van der Waals surface area contributed by atoms with Crippen LogP contribution in [0.1, 0.15) is 19.3 Å². The number of amides is 2. The van der Waals surface area contributed by atoms with Gasteiger partial charge >= 0.3 is 6.09 Å². The number of nitrogens with one attached hydrogen (secondary N) is 1. The average molecular weight is 416 g/mol. The maximum atomic E-state index is 13.6. The van der Waals surface area contributed by atoms with Crippen LogP contribution in [0.3, 0.4) is 0 Å². The van der Waals surface area contributed by atoms with Gasteiger partial charge in [-0.25, -0.2) is 9.18 Å². The molecule has 1 aromatic rings. The third kappa shape index (κ3) is 4.65. The Morgan fingerprint density at radius 2 is 1.96 bits per heavy atom. The molecule has 3 rings (SSSR count). The minimum absolute atomic E-state index is 0.0694. The van der Waals surface area contributed by atoms with Crippen LogP contribution in [0, 0.1) is 5.82 Å². The molecule has 2 aliphatic rings. The van der Waals surface area contributed by atoms with Crippen LogP contribution in [-0.2, 0) is 4.79 Å². The number of rotatable bonds is 3. The summed E-state index contributed by atoms with van der Waals surface area (Å²) in [6.07, 6.45) is -2.26. The fraction of sp³-hybridized carbons (Fsp3) is 0.556. The van der Waals surface area contributed by atoms with Crippen LogP contribution >= 0.6 is 11.6 Å². The Hall–Kier alpha value is -2.10. The van der Waals surface area contributed by atoms with Crippen molar-refractivity contribution in [2.45, 2.75) is 43.6 Å². The van der Waals surface area contributed by atoms with Crippen LogP contribution in [0.25, 0.3) is 0 Å². The lowest BCUT2D eigenvalue weighted by molar-refractivity contribution is -0.135. The highest BCUT2D eigenvalue weighted by Crippen LogP contribution is 2.25. The second kappa shape index (κ2) is 8.50. The van der Waals surface area contributed by atoms with Crippen LogP contribution in [-0.4, -0.2) is 81.0 Å². The molecular weight excluding hydrogens is 393 g/mol. The van der Waals surface area contributed by atoms with E-state index in [9.17, 15) is 29.3 Å². The summed E-state index contributed by atoms with van der Waals surface area (Å²) in [5.41, 5.74) is 0.280. The van der Waals surface area contributed by atoms with Gasteiger partial charge in [-0.2, -0.15) is 0 Å². The molecule has 0 aliphatic carbocycles. The van der Waals surface area contributed by atoms with Gasteiger partial charge in [0.1, 0.15) is 11.9 Å². The van der Waals surface area contributed by atoms with Gasteiger partial charge in [-0.1, -0.05) is 11.6 Å². The van der Waals surface area contributed by atoms with E-state index in [0.29, 0.717) is 19.4 Å². The Bertz CT molecular complexity index is 732. The van der Waals surface area contributed by atoms with Crippen molar-refractivity contribution in [3.63, 3.8) is 0 Å². The molecule has 2 aliphatic heterocycles. The number of anilines is 1. The highest BCUT2D eigenvalue weighted by molar-refractivity contribution is 6.30. The lowest BCUT2D eigenvalue weighted by atomic mass is 10.0. The molecule has 2 amide bonds. The molecule has 4 N–H and O–H groups in total. The van der Waals surface area contributed by atoms with Crippen molar-refractivity contribution >= 4 is 29.3 Å². The van der Waals surface area contributed by atoms with E-state index in [1.165, 1.54) is 21.9 Å². The highest BCUT2D eigenvalue weighted by atomic mass is 35.5. The summed E-state index contributed by atoms with van der Waals surface area (Å²) in [4.78, 5) is 27.1. The Morgan fingerprint density at radius 1 is 1.21 bits per heavy atom. The number of piperidine rings is 1. The zero-order valence-corrected chi connectivity index (χ0v) is 15.8. The van der Waals surface area contributed by atoms with Gasteiger partial charge in [-0.05, 0) is 31.0 Å². The summed E-state index contributed by atoms with van der Waals surface area (Å²) in [6, 6.07) is 2.46. The number of hydrogen-bond donors (Lipinski definition) is 4. The van der Waals surface area contributed by atoms with Crippen molar-refractivity contribution in [3.8, 4) is 0 Å². The van der Waals surface area contributed by atoms with E-state index < -0.39 is 36.2 Å². The summed E-state index contributed by atoms with van der Waals surface area (Å²) >= 11 is 5.86. The van der Waals surface area contributed by atoms with Crippen LogP contribution in [0.2, 0.25) is 5.02 Å². The van der Waals surface area contributed by atoms with Gasteiger partial charge in [-0.3, -0.25) is 4.79 Å². The number of aliphatic hydroxyl groups excluding tert-OH is 2. The number of carbonyl (C=O) groups excluding carboxylic acids is 1. The second-order valence-corrected chi connectivity index (χ2v) is 7.68. The lowest BCUT2D eigenvalue weighted by Crippen LogP contribution is -2.55. The highest BCUT2D eigenvalue weighted by Gasteiger charge is 2.40. The fourth-order valence-corrected chi connectivity index (χ4v) is 4.01. The topological polar surface area (TPSA) is 113 Å². The summed E-state index contributed by atoms with van der Waals surface area (Å²) in [5.74, 6) is -0.953. The zero-order valence-electron chi connectivity index (χ0n) is 15.1. The molecule has 0 aromatic heterocycles. The molecule has 2 saturated heterocycles. The molecule has 0 spiro atoms. The van der Waals surface area contributed by atoms with E-state index in [-0.39, 0.29) is 36.1 Å². The molecular formula is C18H23ClFN3O5. The number of halogens is 2. The number of carboxylic acid groups (broad SMARTS) is 1. The van der Waals surface area contributed by atoms with Crippen molar-refractivity contribution in [1.29, 1.82) is 0 Å². The Kier molecular flexibility index (Phi) is 6.26. The molecule has 2 fully saturated rings. The predicted molar refractivity (Wildman–Crippen MR) is 99.8 cm³/mol. The number of benzene rings is 1. The zero-order chi connectivity index (χ0) is 20.4. The number of nitrogens with zero attached hydrogens (tertiary/aromatic N) is 2. The van der Waals surface area contributed by atoms with Crippen LogP contribution in [0.4, 0.5) is 14.9 Å². The van der Waals surface area contributed by atoms with E-state index >= 15 is 0 Å². The minimum atomic E-state index is -1.16. The lowest BCUT2D eigenvalue weighted by Gasteiger charge is -2.39. The largest absolute Gasteiger partial charge is 0.465 e. The quantitative estimate of drug-likeness (QED) is 0.592. The van der Waals surface area contributed by atoms with E-state index in [1.54, 1.807) is 0 Å². The van der Waals surface area contributed by atoms with E-state index in [0.717, 1.165) is 6.07 Å². The maximum absolute atomic E-state index is 13.6. The normalized spacial score (nSPS) is 28.8. The minimum Gasteiger partial charge on any atom is -0.465 e. The summed E-state index contributed by atoms with van der Waals surface area (Å²) in [5, 5.41) is 32.7. The number of carbonyl (C=O) groups is 2. The molecule has 2 heterocycles. The fourth-order valence-electron chi connectivity index (χ4n) is 3.78. The standard InChI is InChI=1S/C18H23ClFN3O5/c19-10-4-11(20)6-12(5-10)21-14-7-15(24)16(25)9-23(17(14)26)13-2-1-3-22(8-13)18(27)28/h4-6,13-16,21,24-25H,1-3,7-9H2,(H,27,28). The van der Waals surface area contributed by atoms with Gasteiger partial charge in [-0.15, -0.1) is 0 Å². The predicted octanol–water partition coefficient (Wildman–Crippen LogP) is 1.36. The molecule has 0 bridgehead atoms. The first-order valence-corrected chi connectivity index (χ1v) is 9.49. The molecule has 28 heavy (non-hydrogen) atoms. The monoisotopic (exact) mass is 415 g/mol. The van der Waals surface area contributed by atoms with Crippen molar-refractivity contribution in [2.24, 2.45) is 0 Å². The number of likely N-dealkylation sites (tertiary alicyclic amines) is 2. The number of hydrogen-bond acceptors (Lipinski definition) is 5. The van der Waals surface area contributed by atoms with Gasteiger partial charge in [0.25, 0.3) is 0 Å². The van der Waals surface area contributed by atoms with Crippen molar-refractivity contribution in [1.82, 2.24) is 9.80 Å². The smallest absolute Gasteiger partial charge is 0.407 e. The molecule has 4 unspecified atom stereocenters.